The molecule has 0 amide bonds. The minimum absolute atomic E-state index is 0.0455. The molecule has 4 nitrogen and oxygen atoms in total. The fourth-order valence-electron chi connectivity index (χ4n) is 3.45. The van der Waals surface area contributed by atoms with Crippen LogP contribution in [0.1, 0.15) is 19.3 Å². The average Bonchev–Trinajstić information content (AvgIpc) is 2.87. The quantitative estimate of drug-likeness (QED) is 0.768. The largest absolute Gasteiger partial charge is 0.384 e. The summed E-state index contributed by atoms with van der Waals surface area (Å²) in [5.74, 6) is -0.699. The number of aliphatic hydroxyl groups is 1. The van der Waals surface area contributed by atoms with Gasteiger partial charge >= 0.3 is 0 Å². The van der Waals surface area contributed by atoms with Crippen molar-refractivity contribution in [1.29, 1.82) is 0 Å². The van der Waals surface area contributed by atoms with E-state index in [1.807, 2.05) is 12.2 Å². The summed E-state index contributed by atoms with van der Waals surface area (Å²) in [6.45, 7) is 4.98. The summed E-state index contributed by atoms with van der Waals surface area (Å²) in [6, 6.07) is 0. The van der Waals surface area contributed by atoms with Gasteiger partial charge in [-0.25, -0.2) is 0 Å². The third-order valence-corrected chi connectivity index (χ3v) is 4.22. The van der Waals surface area contributed by atoms with Crippen molar-refractivity contribution in [1.82, 2.24) is 0 Å². The SMILES string of the molecule is C=C/C=C/CC[C@]12OCC[C@@H]3OC[C@](O)(CO1)[C@@H]32. The van der Waals surface area contributed by atoms with Crippen LogP contribution < -0.4 is 0 Å². The highest BCUT2D eigenvalue weighted by Gasteiger charge is 2.66. The van der Waals surface area contributed by atoms with E-state index < -0.39 is 11.4 Å². The summed E-state index contributed by atoms with van der Waals surface area (Å²) in [4.78, 5) is 0. The molecule has 3 aliphatic rings. The normalized spacial score (nSPS) is 46.5. The Bertz CT molecular complexity index is 367. The van der Waals surface area contributed by atoms with E-state index >= 15 is 0 Å². The Balaban J connectivity index is 1.77. The van der Waals surface area contributed by atoms with Crippen LogP contribution in [0, 0.1) is 5.92 Å². The number of rotatable bonds is 4. The van der Waals surface area contributed by atoms with Crippen molar-refractivity contribution >= 4 is 0 Å². The molecule has 0 aromatic carbocycles. The van der Waals surface area contributed by atoms with E-state index in [9.17, 15) is 5.11 Å². The van der Waals surface area contributed by atoms with Crippen molar-refractivity contribution in [2.45, 2.75) is 36.8 Å². The van der Waals surface area contributed by atoms with Crippen LogP contribution in [0.3, 0.4) is 0 Å². The maximum atomic E-state index is 10.5. The van der Waals surface area contributed by atoms with Gasteiger partial charge in [-0.3, -0.25) is 0 Å². The molecule has 100 valence electrons. The van der Waals surface area contributed by atoms with E-state index in [-0.39, 0.29) is 12.0 Å². The van der Waals surface area contributed by atoms with Gasteiger partial charge in [-0.05, 0) is 12.8 Å². The molecule has 0 saturated carbocycles. The van der Waals surface area contributed by atoms with Crippen molar-refractivity contribution < 1.29 is 19.3 Å². The highest BCUT2D eigenvalue weighted by Crippen LogP contribution is 2.52. The van der Waals surface area contributed by atoms with Crippen LogP contribution >= 0.6 is 0 Å². The van der Waals surface area contributed by atoms with Gasteiger partial charge < -0.3 is 19.3 Å². The maximum Gasteiger partial charge on any atom is 0.176 e. The second-order valence-electron chi connectivity index (χ2n) is 5.37. The lowest BCUT2D eigenvalue weighted by molar-refractivity contribution is -0.269. The Morgan fingerprint density at radius 2 is 2.22 bits per heavy atom. The fraction of sp³-hybridized carbons (Fsp3) is 0.714. The highest BCUT2D eigenvalue weighted by atomic mass is 16.7. The van der Waals surface area contributed by atoms with Crippen LogP contribution in [0.5, 0.6) is 0 Å². The van der Waals surface area contributed by atoms with Gasteiger partial charge in [0.15, 0.2) is 5.79 Å². The number of allylic oxidation sites excluding steroid dienone is 3. The van der Waals surface area contributed by atoms with Crippen LogP contribution in [0.2, 0.25) is 0 Å². The molecule has 3 heterocycles. The van der Waals surface area contributed by atoms with Crippen LogP contribution in [-0.2, 0) is 14.2 Å². The second kappa shape index (κ2) is 4.46. The van der Waals surface area contributed by atoms with E-state index in [0.29, 0.717) is 19.8 Å². The molecule has 3 saturated heterocycles. The zero-order valence-electron chi connectivity index (χ0n) is 10.5. The molecule has 1 N–H and O–H groups in total. The lowest BCUT2D eigenvalue weighted by Gasteiger charge is -2.41. The summed E-state index contributed by atoms with van der Waals surface area (Å²) in [5, 5.41) is 10.5. The lowest BCUT2D eigenvalue weighted by atomic mass is 9.78. The minimum Gasteiger partial charge on any atom is -0.384 e. The van der Waals surface area contributed by atoms with Gasteiger partial charge in [0.05, 0.1) is 31.8 Å². The van der Waals surface area contributed by atoms with Crippen molar-refractivity contribution in [3.05, 3.63) is 24.8 Å². The molecule has 0 unspecified atom stereocenters. The molecule has 18 heavy (non-hydrogen) atoms. The zero-order valence-corrected chi connectivity index (χ0v) is 10.5. The fourth-order valence-corrected chi connectivity index (χ4v) is 3.45. The Kier molecular flexibility index (Phi) is 3.06. The van der Waals surface area contributed by atoms with E-state index in [1.54, 1.807) is 6.08 Å². The molecule has 3 rings (SSSR count). The summed E-state index contributed by atoms with van der Waals surface area (Å²) in [7, 11) is 0. The van der Waals surface area contributed by atoms with Gasteiger partial charge in [-0.1, -0.05) is 24.8 Å². The Labute approximate surface area is 107 Å². The molecule has 3 aliphatic heterocycles. The molecule has 0 radical (unpaired) electrons. The molecule has 0 aromatic heterocycles. The van der Waals surface area contributed by atoms with Crippen LogP contribution in [0.15, 0.2) is 24.8 Å². The van der Waals surface area contributed by atoms with Crippen LogP contribution in [-0.4, -0.2) is 42.4 Å². The molecular weight excluding hydrogens is 232 g/mol. The molecule has 4 heteroatoms. The molecule has 4 atom stereocenters. The molecule has 0 aromatic rings. The van der Waals surface area contributed by atoms with Gasteiger partial charge in [0.2, 0.25) is 0 Å². The van der Waals surface area contributed by atoms with Gasteiger partial charge in [0, 0.05) is 6.42 Å². The first kappa shape index (κ1) is 12.4. The summed E-state index contributed by atoms with van der Waals surface area (Å²) >= 11 is 0. The monoisotopic (exact) mass is 252 g/mol. The Morgan fingerprint density at radius 1 is 1.33 bits per heavy atom. The molecule has 0 spiro atoms. The predicted molar refractivity (Wildman–Crippen MR) is 66.0 cm³/mol. The molecular formula is C14H20O4. The number of hydrogen-bond acceptors (Lipinski definition) is 4. The smallest absolute Gasteiger partial charge is 0.176 e. The summed E-state index contributed by atoms with van der Waals surface area (Å²) in [5.41, 5.74) is -0.854. The molecule has 0 bridgehead atoms. The molecule has 3 fully saturated rings. The van der Waals surface area contributed by atoms with Crippen molar-refractivity contribution in [2.75, 3.05) is 19.8 Å². The Morgan fingerprint density at radius 3 is 3.06 bits per heavy atom. The minimum atomic E-state index is -0.854. The van der Waals surface area contributed by atoms with Crippen molar-refractivity contribution in [2.24, 2.45) is 5.92 Å². The van der Waals surface area contributed by atoms with Crippen molar-refractivity contribution in [3.63, 3.8) is 0 Å². The first-order valence-corrected chi connectivity index (χ1v) is 6.60. The van der Waals surface area contributed by atoms with Gasteiger partial charge in [0.25, 0.3) is 0 Å². The standard InChI is InChI=1S/C14H20O4/c1-2-3-4-5-7-14-12-11(6-8-17-14)16-9-13(12,15)10-18-14/h2-4,11-12,15H,1,5-10H2/b4-3+/t11-,12+,13-,14-/m0/s1. The summed E-state index contributed by atoms with van der Waals surface area (Å²) < 4.78 is 17.4. The van der Waals surface area contributed by atoms with E-state index in [4.69, 9.17) is 14.2 Å². The number of ether oxygens (including phenoxy) is 3. The Hall–Kier alpha value is -0.680. The zero-order chi connectivity index (χ0) is 12.6. The predicted octanol–water partition coefficient (Wildman–Crippen LogP) is 1.40. The van der Waals surface area contributed by atoms with E-state index in [2.05, 4.69) is 6.58 Å². The number of hydrogen-bond donors (Lipinski definition) is 1. The third kappa shape index (κ3) is 1.75. The highest BCUT2D eigenvalue weighted by molar-refractivity contribution is 5.10. The first-order valence-electron chi connectivity index (χ1n) is 6.60. The van der Waals surface area contributed by atoms with E-state index in [0.717, 1.165) is 19.3 Å². The van der Waals surface area contributed by atoms with Crippen molar-refractivity contribution in [3.8, 4) is 0 Å². The van der Waals surface area contributed by atoms with Gasteiger partial charge in [-0.2, -0.15) is 0 Å². The lowest BCUT2D eigenvalue weighted by Crippen LogP contribution is -2.52. The summed E-state index contributed by atoms with van der Waals surface area (Å²) in [6.07, 6.45) is 8.26. The average molecular weight is 252 g/mol. The molecule has 0 aliphatic carbocycles. The van der Waals surface area contributed by atoms with Gasteiger partial charge in [-0.15, -0.1) is 0 Å². The second-order valence-corrected chi connectivity index (χ2v) is 5.37. The van der Waals surface area contributed by atoms with Gasteiger partial charge in [0.1, 0.15) is 5.60 Å². The third-order valence-electron chi connectivity index (χ3n) is 4.22. The maximum absolute atomic E-state index is 10.5. The van der Waals surface area contributed by atoms with E-state index in [1.165, 1.54) is 0 Å². The van der Waals surface area contributed by atoms with Crippen LogP contribution in [0.25, 0.3) is 0 Å². The first-order chi connectivity index (χ1) is 8.70. The topological polar surface area (TPSA) is 47.9 Å². The van der Waals surface area contributed by atoms with Crippen LogP contribution in [0.4, 0.5) is 0 Å².